The molecule has 0 aliphatic rings. The van der Waals surface area contributed by atoms with Gasteiger partial charge in [0.2, 0.25) is 11.6 Å². The van der Waals surface area contributed by atoms with E-state index >= 15 is 0 Å². The van der Waals surface area contributed by atoms with E-state index in [1.807, 2.05) is 0 Å². The first-order chi connectivity index (χ1) is 5.20. The Hall–Kier alpha value is -1.92. The molecule has 0 spiro atoms. The van der Waals surface area contributed by atoms with E-state index in [9.17, 15) is 0 Å². The van der Waals surface area contributed by atoms with Gasteiger partial charge in [0.05, 0.1) is 0 Å². The van der Waals surface area contributed by atoms with Crippen LogP contribution < -0.4 is 17.3 Å². The number of rotatable bonds is 0. The Morgan fingerprint density at radius 1 is 1.36 bits per heavy atom. The Kier molecular flexibility index (Phi) is 0.831. The first-order valence-corrected chi connectivity index (χ1v) is 2.92. The number of imidazole rings is 1. The van der Waals surface area contributed by atoms with Gasteiger partial charge >= 0.3 is 0 Å². The zero-order chi connectivity index (χ0) is 8.01. The standard InChI is InChI=1S/C4H7N7/c5-2-3-8-1-10(7)11(3)4(6)9-2/h1H,5,7H2,(H2,6,9). The molecular weight excluding hydrogens is 146 g/mol. The number of anilines is 2. The molecule has 11 heavy (non-hydrogen) atoms. The van der Waals surface area contributed by atoms with Gasteiger partial charge in [0.1, 0.15) is 6.33 Å². The zero-order valence-corrected chi connectivity index (χ0v) is 5.60. The van der Waals surface area contributed by atoms with Crippen LogP contribution in [0.1, 0.15) is 0 Å². The molecule has 0 fully saturated rings. The predicted octanol–water partition coefficient (Wildman–Crippen LogP) is -1.59. The van der Waals surface area contributed by atoms with Crippen LogP contribution in [0.15, 0.2) is 6.33 Å². The van der Waals surface area contributed by atoms with Crippen molar-refractivity contribution in [3.05, 3.63) is 6.33 Å². The summed E-state index contributed by atoms with van der Waals surface area (Å²) in [7, 11) is 0. The van der Waals surface area contributed by atoms with Gasteiger partial charge in [-0.15, -0.1) is 0 Å². The summed E-state index contributed by atoms with van der Waals surface area (Å²) in [5.74, 6) is 5.95. The van der Waals surface area contributed by atoms with Crippen LogP contribution in [0.3, 0.4) is 0 Å². The lowest BCUT2D eigenvalue weighted by atomic mass is 10.7. The number of nitrogens with zero attached hydrogens (tertiary/aromatic N) is 4. The second-order valence-corrected chi connectivity index (χ2v) is 2.12. The van der Waals surface area contributed by atoms with Crippen molar-refractivity contribution >= 4 is 17.4 Å². The summed E-state index contributed by atoms with van der Waals surface area (Å²) in [6.45, 7) is 0. The van der Waals surface area contributed by atoms with Crippen molar-refractivity contribution in [2.75, 3.05) is 17.3 Å². The lowest BCUT2D eigenvalue weighted by Gasteiger charge is -1.92. The third-order valence-electron chi connectivity index (χ3n) is 1.41. The average molecular weight is 153 g/mol. The van der Waals surface area contributed by atoms with Crippen molar-refractivity contribution < 1.29 is 0 Å². The molecule has 0 bridgehead atoms. The van der Waals surface area contributed by atoms with E-state index in [0.717, 1.165) is 0 Å². The summed E-state index contributed by atoms with van der Waals surface area (Å²) >= 11 is 0. The Bertz CT molecular complexity index is 396. The predicted molar refractivity (Wildman–Crippen MR) is 40.0 cm³/mol. The van der Waals surface area contributed by atoms with Crippen molar-refractivity contribution in [2.24, 2.45) is 0 Å². The number of hydrogen-bond donors (Lipinski definition) is 3. The van der Waals surface area contributed by atoms with E-state index < -0.39 is 0 Å². The summed E-state index contributed by atoms with van der Waals surface area (Å²) in [5.41, 5.74) is 11.4. The van der Waals surface area contributed by atoms with Crippen LogP contribution >= 0.6 is 0 Å². The molecule has 58 valence electrons. The molecule has 0 aromatic carbocycles. The van der Waals surface area contributed by atoms with Crippen molar-refractivity contribution in [3.8, 4) is 0 Å². The average Bonchev–Trinajstić information content (AvgIpc) is 2.41. The van der Waals surface area contributed by atoms with Crippen molar-refractivity contribution in [2.45, 2.75) is 0 Å². The van der Waals surface area contributed by atoms with E-state index in [4.69, 9.17) is 17.3 Å². The highest BCUT2D eigenvalue weighted by molar-refractivity contribution is 5.63. The van der Waals surface area contributed by atoms with Gasteiger partial charge in [0.25, 0.3) is 0 Å². The van der Waals surface area contributed by atoms with E-state index in [1.165, 1.54) is 15.6 Å². The summed E-state index contributed by atoms with van der Waals surface area (Å²) < 4.78 is 1.41. The molecule has 0 amide bonds. The lowest BCUT2D eigenvalue weighted by Crippen LogP contribution is -2.14. The number of hydrogen-bond acceptors (Lipinski definition) is 5. The van der Waals surface area contributed by atoms with Crippen LogP contribution in [-0.2, 0) is 0 Å². The van der Waals surface area contributed by atoms with Crippen molar-refractivity contribution in [1.29, 1.82) is 0 Å². The fourth-order valence-electron chi connectivity index (χ4n) is 0.952. The van der Waals surface area contributed by atoms with Gasteiger partial charge in [-0.05, 0) is 0 Å². The van der Waals surface area contributed by atoms with Crippen LogP contribution in [0.2, 0.25) is 0 Å². The Morgan fingerprint density at radius 3 is 2.73 bits per heavy atom. The van der Waals surface area contributed by atoms with E-state index in [1.54, 1.807) is 0 Å². The molecule has 2 heterocycles. The molecule has 2 rings (SSSR count). The monoisotopic (exact) mass is 153 g/mol. The number of nitrogen functional groups attached to an aromatic ring is 3. The van der Waals surface area contributed by atoms with Crippen LogP contribution in [-0.4, -0.2) is 19.3 Å². The van der Waals surface area contributed by atoms with Crippen LogP contribution in [0.4, 0.5) is 11.8 Å². The van der Waals surface area contributed by atoms with Gasteiger partial charge in [0.15, 0.2) is 5.82 Å². The fraction of sp³-hybridized carbons (Fsp3) is 0. The number of fused-ring (bicyclic) bond motifs is 1. The van der Waals surface area contributed by atoms with E-state index in [-0.39, 0.29) is 11.8 Å². The maximum atomic E-state index is 5.45. The van der Waals surface area contributed by atoms with Gasteiger partial charge < -0.3 is 17.3 Å². The Balaban J connectivity index is 2.98. The minimum absolute atomic E-state index is 0.234. The molecule has 6 N–H and O–H groups in total. The molecule has 7 heteroatoms. The molecule has 2 aromatic rings. The molecule has 0 aliphatic carbocycles. The number of nitrogens with two attached hydrogens (primary N) is 3. The lowest BCUT2D eigenvalue weighted by molar-refractivity contribution is 0.763. The first-order valence-electron chi connectivity index (χ1n) is 2.92. The molecule has 2 aromatic heterocycles. The second kappa shape index (κ2) is 1.57. The van der Waals surface area contributed by atoms with E-state index in [2.05, 4.69) is 9.97 Å². The maximum absolute atomic E-state index is 5.45. The van der Waals surface area contributed by atoms with Gasteiger partial charge in [0, 0.05) is 0 Å². The highest BCUT2D eigenvalue weighted by atomic mass is 15.6. The minimum atomic E-state index is 0.234. The summed E-state index contributed by atoms with van der Waals surface area (Å²) in [5, 5.41) is 0. The maximum Gasteiger partial charge on any atom is 0.225 e. The van der Waals surface area contributed by atoms with Gasteiger partial charge in [-0.25, -0.2) is 4.98 Å². The number of aromatic nitrogens is 4. The largest absolute Gasteiger partial charge is 0.380 e. The molecule has 0 saturated heterocycles. The van der Waals surface area contributed by atoms with Crippen LogP contribution in [0.25, 0.3) is 5.65 Å². The molecule has 0 radical (unpaired) electrons. The minimum Gasteiger partial charge on any atom is -0.380 e. The van der Waals surface area contributed by atoms with E-state index in [0.29, 0.717) is 5.65 Å². The van der Waals surface area contributed by atoms with Gasteiger partial charge in [-0.3, -0.25) is 0 Å². The highest BCUT2D eigenvalue weighted by Crippen LogP contribution is 2.12. The summed E-state index contributed by atoms with van der Waals surface area (Å²) in [6, 6.07) is 0. The second-order valence-electron chi connectivity index (χ2n) is 2.12. The zero-order valence-electron chi connectivity index (χ0n) is 5.60. The molecular formula is C4H7N7. The first kappa shape index (κ1) is 5.83. The molecule has 0 unspecified atom stereocenters. The van der Waals surface area contributed by atoms with Crippen molar-refractivity contribution in [3.63, 3.8) is 0 Å². The normalized spacial score (nSPS) is 10.9. The molecule has 0 aliphatic heterocycles. The fourth-order valence-corrected chi connectivity index (χ4v) is 0.952. The summed E-state index contributed by atoms with van der Waals surface area (Å²) in [6.07, 6.45) is 1.41. The SMILES string of the molecule is Nc1nc(N)n2c1ncn2N. The Morgan fingerprint density at radius 2 is 2.09 bits per heavy atom. The highest BCUT2D eigenvalue weighted by Gasteiger charge is 2.09. The van der Waals surface area contributed by atoms with Crippen molar-refractivity contribution in [1.82, 2.24) is 19.3 Å². The quantitative estimate of drug-likeness (QED) is 0.395. The smallest absolute Gasteiger partial charge is 0.225 e. The topological polar surface area (TPSA) is 113 Å². The van der Waals surface area contributed by atoms with Crippen LogP contribution in [0, 0.1) is 0 Å². The summed E-state index contributed by atoms with van der Waals surface area (Å²) in [4.78, 5) is 8.85. The third kappa shape index (κ3) is 0.561. The van der Waals surface area contributed by atoms with Crippen LogP contribution in [0.5, 0.6) is 0 Å². The molecule has 0 atom stereocenters. The molecule has 0 saturated carbocycles. The third-order valence-corrected chi connectivity index (χ3v) is 1.41. The van der Waals surface area contributed by atoms with Gasteiger partial charge in [-0.1, -0.05) is 0 Å². The van der Waals surface area contributed by atoms with Gasteiger partial charge in [-0.2, -0.15) is 14.3 Å². The Labute approximate surface area is 61.4 Å². The molecule has 7 nitrogen and oxygen atoms in total.